The fourth-order valence-corrected chi connectivity index (χ4v) is 2.62. The van der Waals surface area contributed by atoms with E-state index in [1.165, 1.54) is 6.07 Å². The number of methoxy groups -OCH3 is 1. The summed E-state index contributed by atoms with van der Waals surface area (Å²) < 4.78 is 28.0. The van der Waals surface area contributed by atoms with Gasteiger partial charge in [-0.1, -0.05) is 0 Å². The third-order valence-electron chi connectivity index (χ3n) is 3.10. The standard InChI is InChI=1S/C12H19N3O3S/c1-18-5-4-15(10-2-3-10)11-6-9(13)7-12(8-11)19(14,16)17/h6-8,10H,2-5,13H2,1H3,(H2,14,16,17). The molecule has 0 amide bonds. The maximum absolute atomic E-state index is 11.4. The van der Waals surface area contributed by atoms with Crippen LogP contribution in [0.3, 0.4) is 0 Å². The van der Waals surface area contributed by atoms with Crippen molar-refractivity contribution in [3.8, 4) is 0 Å². The molecule has 4 N–H and O–H groups in total. The van der Waals surface area contributed by atoms with E-state index in [4.69, 9.17) is 15.6 Å². The van der Waals surface area contributed by atoms with Crippen LogP contribution in [0, 0.1) is 0 Å². The Morgan fingerprint density at radius 2 is 2.05 bits per heavy atom. The predicted octanol–water partition coefficient (Wildman–Crippen LogP) is 0.531. The minimum absolute atomic E-state index is 0.0468. The highest BCUT2D eigenvalue weighted by atomic mass is 32.2. The van der Waals surface area contributed by atoms with Gasteiger partial charge in [-0.3, -0.25) is 0 Å². The number of hydrogen-bond donors (Lipinski definition) is 2. The average molecular weight is 285 g/mol. The molecular weight excluding hydrogens is 266 g/mol. The van der Waals surface area contributed by atoms with Crippen molar-refractivity contribution >= 4 is 21.4 Å². The molecule has 1 fully saturated rings. The topological polar surface area (TPSA) is 98.7 Å². The van der Waals surface area contributed by atoms with Gasteiger partial charge in [0.2, 0.25) is 10.0 Å². The molecule has 0 aromatic heterocycles. The summed E-state index contributed by atoms with van der Waals surface area (Å²) in [5.41, 5.74) is 6.94. The molecule has 1 aromatic carbocycles. The van der Waals surface area contributed by atoms with Crippen molar-refractivity contribution in [2.45, 2.75) is 23.8 Å². The summed E-state index contributed by atoms with van der Waals surface area (Å²) >= 11 is 0. The van der Waals surface area contributed by atoms with Crippen LogP contribution in [-0.4, -0.2) is 34.7 Å². The lowest BCUT2D eigenvalue weighted by Gasteiger charge is -2.25. The molecule has 1 saturated carbocycles. The van der Waals surface area contributed by atoms with Crippen LogP contribution in [0.2, 0.25) is 0 Å². The SMILES string of the molecule is COCCN(c1cc(N)cc(S(N)(=O)=O)c1)C1CC1. The van der Waals surface area contributed by atoms with Crippen LogP contribution in [-0.2, 0) is 14.8 Å². The number of primary sulfonamides is 1. The smallest absolute Gasteiger partial charge is 0.238 e. The van der Waals surface area contributed by atoms with Crippen LogP contribution >= 0.6 is 0 Å². The molecule has 0 atom stereocenters. The van der Waals surface area contributed by atoms with E-state index in [1.807, 2.05) is 0 Å². The molecule has 0 heterocycles. The molecule has 7 heteroatoms. The molecule has 0 unspecified atom stereocenters. The van der Waals surface area contributed by atoms with E-state index >= 15 is 0 Å². The lowest BCUT2D eigenvalue weighted by molar-refractivity contribution is 0.205. The molecule has 2 rings (SSSR count). The molecule has 1 aliphatic carbocycles. The zero-order chi connectivity index (χ0) is 14.0. The van der Waals surface area contributed by atoms with Gasteiger partial charge in [0.25, 0.3) is 0 Å². The van der Waals surface area contributed by atoms with Crippen LogP contribution in [0.1, 0.15) is 12.8 Å². The van der Waals surface area contributed by atoms with Crippen molar-refractivity contribution in [1.29, 1.82) is 0 Å². The fraction of sp³-hybridized carbons (Fsp3) is 0.500. The normalized spacial score (nSPS) is 15.5. The van der Waals surface area contributed by atoms with E-state index in [2.05, 4.69) is 4.90 Å². The van der Waals surface area contributed by atoms with Crippen molar-refractivity contribution in [2.75, 3.05) is 30.9 Å². The van der Waals surface area contributed by atoms with Gasteiger partial charge in [-0.25, -0.2) is 13.6 Å². The third-order valence-corrected chi connectivity index (χ3v) is 3.99. The molecule has 1 aliphatic rings. The Kier molecular flexibility index (Phi) is 3.98. The molecule has 106 valence electrons. The summed E-state index contributed by atoms with van der Waals surface area (Å²) in [4.78, 5) is 2.17. The Balaban J connectivity index is 2.33. The largest absolute Gasteiger partial charge is 0.399 e. The van der Waals surface area contributed by atoms with Crippen LogP contribution in [0.5, 0.6) is 0 Å². The average Bonchev–Trinajstić information content (AvgIpc) is 3.12. The lowest BCUT2D eigenvalue weighted by Crippen LogP contribution is -2.29. The predicted molar refractivity (Wildman–Crippen MR) is 74.5 cm³/mol. The van der Waals surface area contributed by atoms with Crippen molar-refractivity contribution < 1.29 is 13.2 Å². The van der Waals surface area contributed by atoms with Gasteiger partial charge < -0.3 is 15.4 Å². The Morgan fingerprint density at radius 1 is 1.37 bits per heavy atom. The van der Waals surface area contributed by atoms with E-state index in [0.29, 0.717) is 24.9 Å². The second-order valence-corrected chi connectivity index (χ2v) is 6.28. The summed E-state index contributed by atoms with van der Waals surface area (Å²) in [7, 11) is -2.11. The van der Waals surface area contributed by atoms with Gasteiger partial charge in [0.15, 0.2) is 0 Å². The van der Waals surface area contributed by atoms with Crippen molar-refractivity contribution in [3.63, 3.8) is 0 Å². The summed E-state index contributed by atoms with van der Waals surface area (Å²) in [6.07, 6.45) is 2.20. The maximum atomic E-state index is 11.4. The zero-order valence-corrected chi connectivity index (χ0v) is 11.7. The van der Waals surface area contributed by atoms with Gasteiger partial charge >= 0.3 is 0 Å². The van der Waals surface area contributed by atoms with Gasteiger partial charge in [-0.05, 0) is 31.0 Å². The zero-order valence-electron chi connectivity index (χ0n) is 10.9. The van der Waals surface area contributed by atoms with E-state index in [-0.39, 0.29) is 4.90 Å². The van der Waals surface area contributed by atoms with Gasteiger partial charge in [0, 0.05) is 31.1 Å². The molecule has 0 radical (unpaired) electrons. The Hall–Kier alpha value is -1.31. The summed E-state index contributed by atoms with van der Waals surface area (Å²) in [6, 6.07) is 5.15. The van der Waals surface area contributed by atoms with Gasteiger partial charge in [0.1, 0.15) is 0 Å². The second kappa shape index (κ2) is 5.36. The van der Waals surface area contributed by atoms with Crippen molar-refractivity contribution in [3.05, 3.63) is 18.2 Å². The van der Waals surface area contributed by atoms with E-state index < -0.39 is 10.0 Å². The fourth-order valence-electron chi connectivity index (χ4n) is 2.03. The Bertz CT molecular complexity index is 555. The van der Waals surface area contributed by atoms with Crippen LogP contribution in [0.4, 0.5) is 11.4 Å². The number of hydrogen-bond acceptors (Lipinski definition) is 5. The first-order chi connectivity index (χ1) is 8.91. The molecule has 0 aliphatic heterocycles. The molecule has 19 heavy (non-hydrogen) atoms. The number of nitrogen functional groups attached to an aromatic ring is 1. The highest BCUT2D eigenvalue weighted by molar-refractivity contribution is 7.89. The molecular formula is C12H19N3O3S. The third kappa shape index (κ3) is 3.59. The minimum atomic E-state index is -3.75. The van der Waals surface area contributed by atoms with Crippen LogP contribution in [0.15, 0.2) is 23.1 Å². The maximum Gasteiger partial charge on any atom is 0.238 e. The second-order valence-electron chi connectivity index (χ2n) is 4.72. The number of nitrogens with two attached hydrogens (primary N) is 2. The number of rotatable bonds is 6. The van der Waals surface area contributed by atoms with E-state index in [9.17, 15) is 8.42 Å². The molecule has 6 nitrogen and oxygen atoms in total. The van der Waals surface area contributed by atoms with Crippen molar-refractivity contribution in [2.24, 2.45) is 5.14 Å². The van der Waals surface area contributed by atoms with Gasteiger partial charge in [0.05, 0.1) is 11.5 Å². The molecule has 0 saturated heterocycles. The van der Waals surface area contributed by atoms with E-state index in [0.717, 1.165) is 18.5 Å². The Labute approximate surface area is 113 Å². The molecule has 1 aromatic rings. The monoisotopic (exact) mass is 285 g/mol. The number of anilines is 2. The van der Waals surface area contributed by atoms with Crippen molar-refractivity contribution in [1.82, 2.24) is 0 Å². The van der Waals surface area contributed by atoms with Crippen LogP contribution in [0.25, 0.3) is 0 Å². The number of benzene rings is 1. The first-order valence-electron chi connectivity index (χ1n) is 6.11. The highest BCUT2D eigenvalue weighted by Gasteiger charge is 2.29. The highest BCUT2D eigenvalue weighted by Crippen LogP contribution is 2.33. The number of ether oxygens (including phenoxy) is 1. The number of nitrogens with zero attached hydrogens (tertiary/aromatic N) is 1. The van der Waals surface area contributed by atoms with Gasteiger partial charge in [-0.2, -0.15) is 0 Å². The van der Waals surface area contributed by atoms with E-state index in [1.54, 1.807) is 19.2 Å². The van der Waals surface area contributed by atoms with Crippen LogP contribution < -0.4 is 15.8 Å². The first kappa shape index (κ1) is 14.1. The van der Waals surface area contributed by atoms with Gasteiger partial charge in [-0.15, -0.1) is 0 Å². The summed E-state index contributed by atoms with van der Waals surface area (Å²) in [5.74, 6) is 0. The lowest BCUT2D eigenvalue weighted by atomic mass is 10.2. The number of sulfonamides is 1. The minimum Gasteiger partial charge on any atom is -0.399 e. The Morgan fingerprint density at radius 3 is 2.58 bits per heavy atom. The first-order valence-corrected chi connectivity index (χ1v) is 7.65. The molecule has 0 spiro atoms. The molecule has 0 bridgehead atoms. The summed E-state index contributed by atoms with van der Waals surface area (Å²) in [6.45, 7) is 1.28. The quantitative estimate of drug-likeness (QED) is 0.743. The summed E-state index contributed by atoms with van der Waals surface area (Å²) in [5, 5.41) is 5.16.